The quantitative estimate of drug-likeness (QED) is 0.264. The third-order valence-corrected chi connectivity index (χ3v) is 3.04. The van der Waals surface area contributed by atoms with Gasteiger partial charge in [-0.25, -0.2) is 0 Å². The monoisotopic (exact) mass is 310 g/mol. The molecule has 0 heterocycles. The number of esters is 1. The molecule has 0 aliphatic heterocycles. The third-order valence-electron chi connectivity index (χ3n) is 3.04. The van der Waals surface area contributed by atoms with E-state index in [-0.39, 0.29) is 64.2 Å². The number of hydrogen-bond acceptors (Lipinski definition) is 4. The fourth-order valence-electron chi connectivity index (χ4n) is 1.88. The van der Waals surface area contributed by atoms with Crippen LogP contribution < -0.4 is 56.5 Å². The summed E-state index contributed by atoms with van der Waals surface area (Å²) in [6.07, 6.45) is 10.6. The second kappa shape index (κ2) is 17.6. The van der Waals surface area contributed by atoms with Gasteiger partial charge in [0, 0.05) is 5.97 Å². The number of rotatable bonds is 13. The van der Waals surface area contributed by atoms with Crippen LogP contribution in [0, 0.1) is 0 Å². The Bertz CT molecular complexity index is 244. The Morgan fingerprint density at radius 1 is 0.850 bits per heavy atom. The number of carbonyl (C=O) groups is 2. The molecule has 0 amide bonds. The fourth-order valence-corrected chi connectivity index (χ4v) is 1.88. The summed E-state index contributed by atoms with van der Waals surface area (Å²) in [6, 6.07) is 0. The van der Waals surface area contributed by atoms with Crippen LogP contribution in [-0.2, 0) is 14.3 Å². The zero-order valence-corrected chi connectivity index (χ0v) is 16.2. The van der Waals surface area contributed by atoms with E-state index >= 15 is 0 Å². The standard InChI is InChI=1S/C15H28O4.K/c1-2-3-4-5-6-7-8-9-10-13-19-15(18)12-11-14(16)17;/h2-13H2,1H3,(H,16,17);/q;+1/p-1. The summed E-state index contributed by atoms with van der Waals surface area (Å²) in [4.78, 5) is 21.2. The Balaban J connectivity index is 0. The van der Waals surface area contributed by atoms with E-state index in [9.17, 15) is 14.7 Å². The Labute approximate surface area is 165 Å². The van der Waals surface area contributed by atoms with Crippen LogP contribution in [0.3, 0.4) is 0 Å². The summed E-state index contributed by atoms with van der Waals surface area (Å²) in [5.41, 5.74) is 0. The number of aliphatic carboxylic acids is 1. The van der Waals surface area contributed by atoms with Gasteiger partial charge in [0.25, 0.3) is 0 Å². The van der Waals surface area contributed by atoms with Crippen molar-refractivity contribution in [3.8, 4) is 0 Å². The number of hydrogen-bond donors (Lipinski definition) is 0. The van der Waals surface area contributed by atoms with Crippen molar-refractivity contribution in [1.82, 2.24) is 0 Å². The van der Waals surface area contributed by atoms with Gasteiger partial charge in [-0.2, -0.15) is 0 Å². The van der Waals surface area contributed by atoms with Gasteiger partial charge in [0.05, 0.1) is 13.0 Å². The summed E-state index contributed by atoms with van der Waals surface area (Å²) < 4.78 is 4.92. The van der Waals surface area contributed by atoms with Crippen molar-refractivity contribution in [2.45, 2.75) is 77.6 Å². The van der Waals surface area contributed by atoms with Crippen molar-refractivity contribution in [2.24, 2.45) is 0 Å². The second-order valence-corrected chi connectivity index (χ2v) is 4.92. The Morgan fingerprint density at radius 3 is 1.85 bits per heavy atom. The maximum Gasteiger partial charge on any atom is 1.00 e. The summed E-state index contributed by atoms with van der Waals surface area (Å²) in [6.45, 7) is 2.62. The average molecular weight is 310 g/mol. The molecule has 0 N–H and O–H groups in total. The normalized spacial score (nSPS) is 9.85. The SMILES string of the molecule is CCCCCCCCCCCOC(=O)CCC(=O)[O-].[K+]. The Kier molecular flexibility index (Phi) is 20.1. The number of unbranched alkanes of at least 4 members (excludes halogenated alkanes) is 8. The van der Waals surface area contributed by atoms with Crippen LogP contribution in [0.1, 0.15) is 77.6 Å². The number of ether oxygens (including phenoxy) is 1. The van der Waals surface area contributed by atoms with Gasteiger partial charge in [0.2, 0.25) is 0 Å². The van der Waals surface area contributed by atoms with Gasteiger partial charge in [0.1, 0.15) is 0 Å². The van der Waals surface area contributed by atoms with Crippen molar-refractivity contribution in [3.05, 3.63) is 0 Å². The van der Waals surface area contributed by atoms with Gasteiger partial charge in [-0.3, -0.25) is 4.79 Å². The van der Waals surface area contributed by atoms with Gasteiger partial charge in [-0.1, -0.05) is 58.3 Å². The number of carboxylic acids is 1. The summed E-state index contributed by atoms with van der Waals surface area (Å²) in [5, 5.41) is 10.1. The van der Waals surface area contributed by atoms with Crippen LogP contribution >= 0.6 is 0 Å². The predicted molar refractivity (Wildman–Crippen MR) is 72.4 cm³/mol. The third kappa shape index (κ3) is 18.6. The molecular weight excluding hydrogens is 283 g/mol. The molecule has 0 radical (unpaired) electrons. The zero-order chi connectivity index (χ0) is 14.3. The molecular formula is C15H27KO4. The van der Waals surface area contributed by atoms with Crippen molar-refractivity contribution >= 4 is 11.9 Å². The van der Waals surface area contributed by atoms with Gasteiger partial charge in [-0.05, 0) is 12.8 Å². The Hall–Kier alpha value is 0.576. The minimum absolute atomic E-state index is 0. The molecule has 4 nitrogen and oxygen atoms in total. The summed E-state index contributed by atoms with van der Waals surface area (Å²) in [7, 11) is 0. The first kappa shape index (κ1) is 22.9. The maximum absolute atomic E-state index is 11.1. The predicted octanol–water partition coefficient (Wildman–Crippen LogP) is -0.405. The molecule has 0 aliphatic carbocycles. The van der Waals surface area contributed by atoms with E-state index in [2.05, 4.69) is 6.92 Å². The van der Waals surface area contributed by atoms with Gasteiger partial charge < -0.3 is 14.6 Å². The fraction of sp³-hybridized carbons (Fsp3) is 0.867. The van der Waals surface area contributed by atoms with E-state index in [0.29, 0.717) is 6.61 Å². The van der Waals surface area contributed by atoms with Gasteiger partial charge in [-0.15, -0.1) is 0 Å². The van der Waals surface area contributed by atoms with Crippen molar-refractivity contribution < 1.29 is 70.8 Å². The number of carboxylic acid groups (broad SMARTS) is 1. The largest absolute Gasteiger partial charge is 1.00 e. The van der Waals surface area contributed by atoms with E-state index in [4.69, 9.17) is 4.74 Å². The molecule has 0 fully saturated rings. The Morgan fingerprint density at radius 2 is 1.35 bits per heavy atom. The van der Waals surface area contributed by atoms with E-state index in [0.717, 1.165) is 12.8 Å². The summed E-state index contributed by atoms with van der Waals surface area (Å²) in [5.74, 6) is -1.65. The van der Waals surface area contributed by atoms with Crippen LogP contribution in [-0.4, -0.2) is 18.5 Å². The minimum atomic E-state index is -1.21. The maximum atomic E-state index is 11.1. The zero-order valence-electron chi connectivity index (χ0n) is 13.1. The van der Waals surface area contributed by atoms with Crippen LogP contribution in [0.15, 0.2) is 0 Å². The van der Waals surface area contributed by atoms with E-state index in [1.165, 1.54) is 44.9 Å². The molecule has 0 spiro atoms. The van der Waals surface area contributed by atoms with Crippen LogP contribution in [0.25, 0.3) is 0 Å². The smallest absolute Gasteiger partial charge is 0.550 e. The van der Waals surface area contributed by atoms with Gasteiger partial charge in [0.15, 0.2) is 0 Å². The molecule has 112 valence electrons. The molecule has 0 saturated carbocycles. The van der Waals surface area contributed by atoms with Crippen molar-refractivity contribution in [2.75, 3.05) is 6.61 Å². The molecule has 0 aromatic rings. The molecule has 5 heteroatoms. The van der Waals surface area contributed by atoms with Crippen molar-refractivity contribution in [1.29, 1.82) is 0 Å². The molecule has 0 unspecified atom stereocenters. The topological polar surface area (TPSA) is 66.4 Å². The molecule has 20 heavy (non-hydrogen) atoms. The van der Waals surface area contributed by atoms with E-state index in [1.807, 2.05) is 0 Å². The summed E-state index contributed by atoms with van der Waals surface area (Å²) >= 11 is 0. The minimum Gasteiger partial charge on any atom is -0.550 e. The molecule has 0 aliphatic rings. The molecule has 0 bridgehead atoms. The van der Waals surface area contributed by atoms with E-state index < -0.39 is 11.9 Å². The van der Waals surface area contributed by atoms with Crippen LogP contribution in [0.5, 0.6) is 0 Å². The first-order chi connectivity index (χ1) is 9.16. The van der Waals surface area contributed by atoms with Crippen molar-refractivity contribution in [3.63, 3.8) is 0 Å². The van der Waals surface area contributed by atoms with E-state index in [1.54, 1.807) is 0 Å². The molecule has 0 aromatic carbocycles. The van der Waals surface area contributed by atoms with Crippen LogP contribution in [0.4, 0.5) is 0 Å². The first-order valence-electron chi connectivity index (χ1n) is 7.52. The van der Waals surface area contributed by atoms with Crippen LogP contribution in [0.2, 0.25) is 0 Å². The molecule has 0 aromatic heterocycles. The second-order valence-electron chi connectivity index (χ2n) is 4.92. The molecule has 0 rings (SSSR count). The van der Waals surface area contributed by atoms with Gasteiger partial charge >= 0.3 is 57.4 Å². The molecule has 0 saturated heterocycles. The average Bonchev–Trinajstić information content (AvgIpc) is 2.38. The first-order valence-corrected chi connectivity index (χ1v) is 7.52. The molecule has 0 atom stereocenters. The number of carbonyl (C=O) groups excluding carboxylic acids is 2.